The quantitative estimate of drug-likeness (QED) is 0.735. The normalized spacial score (nSPS) is 19.6. The number of furan rings is 1. The molecule has 8 heteroatoms. The fourth-order valence-electron chi connectivity index (χ4n) is 4.02. The van der Waals surface area contributed by atoms with Crippen molar-refractivity contribution in [3.63, 3.8) is 0 Å². The zero-order valence-electron chi connectivity index (χ0n) is 16.9. The van der Waals surface area contributed by atoms with Crippen molar-refractivity contribution < 1.29 is 23.5 Å². The Hall–Kier alpha value is -2.51. The van der Waals surface area contributed by atoms with Gasteiger partial charge in [-0.15, -0.1) is 0 Å². The molecule has 3 amide bonds. The van der Waals surface area contributed by atoms with E-state index in [0.717, 1.165) is 38.8 Å². The summed E-state index contributed by atoms with van der Waals surface area (Å²) in [5.74, 6) is 0.344. The van der Waals surface area contributed by atoms with Crippen molar-refractivity contribution >= 4 is 17.9 Å². The molecule has 1 atom stereocenters. The average molecular weight is 391 g/mol. The van der Waals surface area contributed by atoms with Gasteiger partial charge in [-0.1, -0.05) is 0 Å². The SMILES string of the molecule is COC(=O)c1cc(CN(C)C(=O)C2CCCN(C(=O)N3CCCC3)C2)oc1C. The molecule has 2 aliphatic rings. The van der Waals surface area contributed by atoms with Gasteiger partial charge in [0.05, 0.1) is 19.6 Å². The van der Waals surface area contributed by atoms with Gasteiger partial charge in [0.1, 0.15) is 17.1 Å². The molecule has 0 bridgehead atoms. The number of carbonyl (C=O) groups excluding carboxylic acids is 3. The van der Waals surface area contributed by atoms with E-state index in [9.17, 15) is 14.4 Å². The van der Waals surface area contributed by atoms with E-state index in [0.29, 0.717) is 30.2 Å². The molecule has 2 saturated heterocycles. The van der Waals surface area contributed by atoms with Crippen molar-refractivity contribution in [3.05, 3.63) is 23.2 Å². The molecular formula is C20H29N3O5. The number of likely N-dealkylation sites (tertiary alicyclic amines) is 2. The number of amides is 3. The van der Waals surface area contributed by atoms with Crippen LogP contribution in [0.25, 0.3) is 0 Å². The first kappa shape index (κ1) is 20.2. The van der Waals surface area contributed by atoms with Crippen molar-refractivity contribution in [2.45, 2.75) is 39.2 Å². The lowest BCUT2D eigenvalue weighted by Gasteiger charge is -2.35. The van der Waals surface area contributed by atoms with Gasteiger partial charge in [-0.2, -0.15) is 0 Å². The first-order valence-corrected chi connectivity index (χ1v) is 9.87. The first-order valence-electron chi connectivity index (χ1n) is 9.87. The number of carbonyl (C=O) groups is 3. The van der Waals surface area contributed by atoms with E-state index in [4.69, 9.17) is 9.15 Å². The van der Waals surface area contributed by atoms with Crippen molar-refractivity contribution in [3.8, 4) is 0 Å². The van der Waals surface area contributed by atoms with Crippen LogP contribution in [-0.4, -0.2) is 72.9 Å². The van der Waals surface area contributed by atoms with Gasteiger partial charge in [0.25, 0.3) is 0 Å². The monoisotopic (exact) mass is 391 g/mol. The van der Waals surface area contributed by atoms with Crippen LogP contribution in [0.2, 0.25) is 0 Å². The molecule has 154 valence electrons. The Labute approximate surface area is 165 Å². The Bertz CT molecular complexity index is 738. The van der Waals surface area contributed by atoms with Crippen molar-refractivity contribution in [1.82, 2.24) is 14.7 Å². The zero-order valence-corrected chi connectivity index (χ0v) is 16.9. The third-order valence-electron chi connectivity index (χ3n) is 5.56. The van der Waals surface area contributed by atoms with E-state index >= 15 is 0 Å². The van der Waals surface area contributed by atoms with E-state index in [2.05, 4.69) is 0 Å². The Morgan fingerprint density at radius 3 is 2.54 bits per heavy atom. The van der Waals surface area contributed by atoms with Crippen LogP contribution < -0.4 is 0 Å². The van der Waals surface area contributed by atoms with Crippen LogP contribution in [0.5, 0.6) is 0 Å². The fourth-order valence-corrected chi connectivity index (χ4v) is 4.02. The van der Waals surface area contributed by atoms with Crippen LogP contribution >= 0.6 is 0 Å². The summed E-state index contributed by atoms with van der Waals surface area (Å²) < 4.78 is 10.3. The zero-order chi connectivity index (χ0) is 20.3. The number of rotatable bonds is 4. The molecule has 3 heterocycles. The molecule has 1 aromatic rings. The topological polar surface area (TPSA) is 83.3 Å². The number of esters is 1. The minimum Gasteiger partial charge on any atom is -0.465 e. The number of nitrogens with zero attached hydrogens (tertiary/aromatic N) is 3. The largest absolute Gasteiger partial charge is 0.465 e. The highest BCUT2D eigenvalue weighted by atomic mass is 16.5. The minimum atomic E-state index is -0.454. The molecule has 0 saturated carbocycles. The van der Waals surface area contributed by atoms with Gasteiger partial charge in [0.2, 0.25) is 5.91 Å². The van der Waals surface area contributed by atoms with E-state index in [-0.39, 0.29) is 24.4 Å². The summed E-state index contributed by atoms with van der Waals surface area (Å²) >= 11 is 0. The minimum absolute atomic E-state index is 0.00686. The van der Waals surface area contributed by atoms with Gasteiger partial charge < -0.3 is 23.9 Å². The predicted octanol–water partition coefficient (Wildman–Crippen LogP) is 2.26. The van der Waals surface area contributed by atoms with Crippen molar-refractivity contribution in [2.24, 2.45) is 5.92 Å². The van der Waals surface area contributed by atoms with Crippen LogP contribution in [0.3, 0.4) is 0 Å². The Morgan fingerprint density at radius 1 is 1.18 bits per heavy atom. The Kier molecular flexibility index (Phi) is 6.26. The van der Waals surface area contributed by atoms with Gasteiger partial charge >= 0.3 is 12.0 Å². The summed E-state index contributed by atoms with van der Waals surface area (Å²) in [4.78, 5) is 42.6. The second-order valence-electron chi connectivity index (χ2n) is 7.63. The molecule has 3 rings (SSSR count). The maximum absolute atomic E-state index is 12.9. The lowest BCUT2D eigenvalue weighted by molar-refractivity contribution is -0.136. The van der Waals surface area contributed by atoms with Crippen LogP contribution in [0, 0.1) is 12.8 Å². The maximum Gasteiger partial charge on any atom is 0.341 e. The lowest BCUT2D eigenvalue weighted by atomic mass is 9.96. The highest BCUT2D eigenvalue weighted by molar-refractivity contribution is 5.90. The second-order valence-corrected chi connectivity index (χ2v) is 7.63. The smallest absolute Gasteiger partial charge is 0.341 e. The Balaban J connectivity index is 1.59. The van der Waals surface area contributed by atoms with E-state index in [1.165, 1.54) is 7.11 Å². The van der Waals surface area contributed by atoms with E-state index < -0.39 is 5.97 Å². The van der Waals surface area contributed by atoms with E-state index in [1.807, 2.05) is 9.80 Å². The molecule has 1 unspecified atom stereocenters. The molecule has 0 N–H and O–H groups in total. The number of urea groups is 1. The van der Waals surface area contributed by atoms with Crippen molar-refractivity contribution in [1.29, 1.82) is 0 Å². The molecule has 0 radical (unpaired) electrons. The third kappa shape index (κ3) is 4.31. The summed E-state index contributed by atoms with van der Waals surface area (Å²) in [7, 11) is 3.04. The first-order chi connectivity index (χ1) is 13.4. The lowest BCUT2D eigenvalue weighted by Crippen LogP contribution is -2.49. The summed E-state index contributed by atoms with van der Waals surface area (Å²) in [6, 6.07) is 1.68. The van der Waals surface area contributed by atoms with Crippen LogP contribution in [0.4, 0.5) is 4.79 Å². The molecule has 2 fully saturated rings. The third-order valence-corrected chi connectivity index (χ3v) is 5.56. The summed E-state index contributed by atoms with van der Waals surface area (Å²) in [6.07, 6.45) is 3.72. The number of hydrogen-bond acceptors (Lipinski definition) is 5. The Morgan fingerprint density at radius 2 is 1.86 bits per heavy atom. The van der Waals surface area contributed by atoms with Crippen molar-refractivity contribution in [2.75, 3.05) is 40.3 Å². The standard InChI is InChI=1S/C20H29N3O5/c1-14-17(19(25)27-3)11-16(28-14)13-21(2)18(24)15-7-6-10-23(12-15)20(26)22-8-4-5-9-22/h11,15H,4-10,12-13H2,1-3H3. The summed E-state index contributed by atoms with van der Waals surface area (Å²) in [6.45, 7) is 4.77. The predicted molar refractivity (Wildman–Crippen MR) is 102 cm³/mol. The summed E-state index contributed by atoms with van der Waals surface area (Å²) in [5.41, 5.74) is 0.374. The van der Waals surface area contributed by atoms with Crippen LogP contribution in [0.1, 0.15) is 47.6 Å². The summed E-state index contributed by atoms with van der Waals surface area (Å²) in [5, 5.41) is 0. The molecule has 1 aromatic heterocycles. The molecule has 8 nitrogen and oxygen atoms in total. The van der Waals surface area contributed by atoms with E-state index in [1.54, 1.807) is 24.9 Å². The number of hydrogen-bond donors (Lipinski definition) is 0. The van der Waals surface area contributed by atoms with Gasteiger partial charge in [-0.3, -0.25) is 4.79 Å². The number of methoxy groups -OCH3 is 1. The number of piperidine rings is 1. The number of ether oxygens (including phenoxy) is 1. The molecule has 0 spiro atoms. The second kappa shape index (κ2) is 8.67. The van der Waals surface area contributed by atoms with Gasteiger partial charge in [-0.05, 0) is 38.7 Å². The molecular weight excluding hydrogens is 362 g/mol. The highest BCUT2D eigenvalue weighted by Crippen LogP contribution is 2.23. The molecule has 2 aliphatic heterocycles. The van der Waals surface area contributed by atoms with Gasteiger partial charge in [-0.25, -0.2) is 9.59 Å². The molecule has 28 heavy (non-hydrogen) atoms. The average Bonchev–Trinajstić information content (AvgIpc) is 3.36. The van der Waals surface area contributed by atoms with Crippen LogP contribution in [0.15, 0.2) is 10.5 Å². The molecule has 0 aliphatic carbocycles. The highest BCUT2D eigenvalue weighted by Gasteiger charge is 2.33. The fraction of sp³-hybridized carbons (Fsp3) is 0.650. The molecule has 0 aromatic carbocycles. The van der Waals surface area contributed by atoms with Gasteiger partial charge in [0, 0.05) is 33.2 Å². The maximum atomic E-state index is 12.9. The van der Waals surface area contributed by atoms with Crippen LogP contribution in [-0.2, 0) is 16.1 Å². The van der Waals surface area contributed by atoms with Gasteiger partial charge in [0.15, 0.2) is 0 Å². The number of aryl methyl sites for hydroxylation is 1.